The Labute approximate surface area is 195 Å². The number of rotatable bonds is 5. The maximum Gasteiger partial charge on any atom is 0.295 e. The van der Waals surface area contributed by atoms with Gasteiger partial charge >= 0.3 is 0 Å². The number of carbonyl (C=O) groups excluding carboxylic acids is 1. The smallest absolute Gasteiger partial charge is 0.295 e. The number of nitrogens with one attached hydrogen (secondary N) is 2. The number of benzene rings is 3. The minimum atomic E-state index is -3.95. The second kappa shape index (κ2) is 8.68. The molecule has 3 N–H and O–H groups in total. The van der Waals surface area contributed by atoms with Gasteiger partial charge in [-0.05, 0) is 67.9 Å². The van der Waals surface area contributed by atoms with Crippen LogP contribution in [0.5, 0.6) is 5.88 Å². The van der Waals surface area contributed by atoms with Gasteiger partial charge in [0.05, 0.1) is 10.4 Å². The monoisotopic (exact) mass is 482 g/mol. The maximum atomic E-state index is 12.7. The van der Waals surface area contributed by atoms with Crippen molar-refractivity contribution in [3.8, 4) is 5.88 Å². The molecule has 3 aromatic carbocycles. The van der Waals surface area contributed by atoms with Crippen molar-refractivity contribution >= 4 is 49.8 Å². The molecule has 0 bridgehead atoms. The summed E-state index contributed by atoms with van der Waals surface area (Å²) >= 11 is 5.83. The van der Waals surface area contributed by atoms with E-state index in [1.165, 1.54) is 36.4 Å². The molecule has 0 radical (unpaired) electrons. The fraction of sp³-hybridized carbons (Fsp3) is 0.0870. The molecule has 0 unspecified atom stereocenters. The average molecular weight is 483 g/mol. The van der Waals surface area contributed by atoms with Crippen LogP contribution in [-0.2, 0) is 10.0 Å². The van der Waals surface area contributed by atoms with Gasteiger partial charge in [0, 0.05) is 21.7 Å². The molecule has 10 heteroatoms. The summed E-state index contributed by atoms with van der Waals surface area (Å²) in [5.41, 5.74) is 3.08. The first-order chi connectivity index (χ1) is 15.6. The van der Waals surface area contributed by atoms with E-state index in [9.17, 15) is 18.3 Å². The number of aromatic hydroxyl groups is 1. The fourth-order valence-corrected chi connectivity index (χ4v) is 4.64. The zero-order valence-electron chi connectivity index (χ0n) is 17.6. The van der Waals surface area contributed by atoms with Crippen molar-refractivity contribution in [2.24, 2.45) is 10.2 Å². The number of fused-ring (bicyclic) bond motifs is 1. The molecule has 0 atom stereocenters. The molecule has 1 amide bonds. The first-order valence-electron chi connectivity index (χ1n) is 9.80. The second-order valence-electron chi connectivity index (χ2n) is 7.47. The Hall–Kier alpha value is -3.69. The lowest BCUT2D eigenvalue weighted by Gasteiger charge is -2.08. The molecule has 0 aliphatic rings. The Bertz CT molecular complexity index is 1510. The molecule has 0 saturated heterocycles. The van der Waals surface area contributed by atoms with Gasteiger partial charge in [-0.25, -0.2) is 8.42 Å². The third-order valence-electron chi connectivity index (χ3n) is 4.93. The topological polar surface area (TPSA) is 124 Å². The molecule has 0 fully saturated rings. The molecule has 33 heavy (non-hydrogen) atoms. The molecule has 0 spiro atoms. The highest BCUT2D eigenvalue weighted by molar-refractivity contribution is 7.92. The molecule has 1 aromatic heterocycles. The van der Waals surface area contributed by atoms with Crippen LogP contribution in [0.3, 0.4) is 0 Å². The highest BCUT2D eigenvalue weighted by Crippen LogP contribution is 2.37. The summed E-state index contributed by atoms with van der Waals surface area (Å²) in [5.74, 6) is -0.963. The normalized spacial score (nSPS) is 11.8. The number of halogens is 1. The van der Waals surface area contributed by atoms with Gasteiger partial charge in [0.1, 0.15) is 0 Å². The van der Waals surface area contributed by atoms with Gasteiger partial charge in [0.2, 0.25) is 5.88 Å². The number of carbonyl (C=O) groups is 1. The molecular formula is C23H19ClN4O4S. The van der Waals surface area contributed by atoms with Crippen molar-refractivity contribution in [3.63, 3.8) is 0 Å². The number of aromatic nitrogens is 1. The maximum absolute atomic E-state index is 12.7. The molecule has 168 valence electrons. The molecule has 8 nitrogen and oxygen atoms in total. The van der Waals surface area contributed by atoms with Crippen LogP contribution in [0.1, 0.15) is 21.5 Å². The van der Waals surface area contributed by atoms with Gasteiger partial charge in [-0.1, -0.05) is 29.3 Å². The van der Waals surface area contributed by atoms with E-state index in [4.69, 9.17) is 11.6 Å². The van der Waals surface area contributed by atoms with Crippen LogP contribution in [0.25, 0.3) is 10.9 Å². The number of aryl methyl sites for hydroxylation is 2. The Balaban J connectivity index is 1.61. The number of H-pyrrole nitrogens is 1. The minimum Gasteiger partial charge on any atom is -0.493 e. The van der Waals surface area contributed by atoms with E-state index >= 15 is 0 Å². The Kier molecular flexibility index (Phi) is 5.92. The van der Waals surface area contributed by atoms with E-state index in [1.54, 1.807) is 12.1 Å². The SMILES string of the molecule is Cc1cc(C)c2[nH]c(O)c(N=NC(=O)c3cccc(S(=O)(=O)Nc4ccc(Cl)cc4)c3)c2c1. The number of amides is 1. The van der Waals surface area contributed by atoms with E-state index in [2.05, 4.69) is 19.9 Å². The second-order valence-corrected chi connectivity index (χ2v) is 9.59. The molecule has 4 rings (SSSR count). The number of sulfonamides is 1. The van der Waals surface area contributed by atoms with E-state index in [1.807, 2.05) is 26.0 Å². The third kappa shape index (κ3) is 4.74. The predicted molar refractivity (Wildman–Crippen MR) is 127 cm³/mol. The minimum absolute atomic E-state index is 0.0319. The largest absolute Gasteiger partial charge is 0.493 e. The van der Waals surface area contributed by atoms with E-state index in [0.717, 1.165) is 11.1 Å². The Morgan fingerprint density at radius 3 is 2.52 bits per heavy atom. The first-order valence-corrected chi connectivity index (χ1v) is 11.7. The number of aromatic amines is 1. The van der Waals surface area contributed by atoms with Gasteiger partial charge in [-0.15, -0.1) is 10.2 Å². The van der Waals surface area contributed by atoms with Crippen LogP contribution >= 0.6 is 11.6 Å². The first kappa shape index (κ1) is 22.5. The van der Waals surface area contributed by atoms with Crippen LogP contribution in [0.15, 0.2) is 75.8 Å². The number of nitrogens with zero attached hydrogens (tertiary/aromatic N) is 2. The average Bonchev–Trinajstić information content (AvgIpc) is 3.09. The molecular weight excluding hydrogens is 464 g/mol. The zero-order valence-corrected chi connectivity index (χ0v) is 19.2. The molecule has 4 aromatic rings. The van der Waals surface area contributed by atoms with Gasteiger partial charge in [0.25, 0.3) is 15.9 Å². The third-order valence-corrected chi connectivity index (χ3v) is 6.56. The fourth-order valence-electron chi connectivity index (χ4n) is 3.41. The summed E-state index contributed by atoms with van der Waals surface area (Å²) in [4.78, 5) is 15.3. The molecule has 0 aliphatic carbocycles. The lowest BCUT2D eigenvalue weighted by Crippen LogP contribution is -2.13. The number of hydrogen-bond donors (Lipinski definition) is 3. The van der Waals surface area contributed by atoms with Crippen LogP contribution in [0.4, 0.5) is 11.4 Å². The van der Waals surface area contributed by atoms with Crippen molar-refractivity contribution < 1.29 is 18.3 Å². The molecule has 0 saturated carbocycles. The predicted octanol–water partition coefficient (Wildman–Crippen LogP) is 5.87. The summed E-state index contributed by atoms with van der Waals surface area (Å²) in [6.07, 6.45) is 0. The van der Waals surface area contributed by atoms with E-state index < -0.39 is 15.9 Å². The van der Waals surface area contributed by atoms with E-state index in [-0.39, 0.29) is 22.0 Å². The quantitative estimate of drug-likeness (QED) is 0.308. The molecule has 1 heterocycles. The summed E-state index contributed by atoms with van der Waals surface area (Å²) < 4.78 is 27.9. The highest BCUT2D eigenvalue weighted by Gasteiger charge is 2.18. The van der Waals surface area contributed by atoms with Crippen LogP contribution < -0.4 is 4.72 Å². The Morgan fingerprint density at radius 2 is 1.79 bits per heavy atom. The van der Waals surface area contributed by atoms with Gasteiger partial charge in [-0.2, -0.15) is 0 Å². The summed E-state index contributed by atoms with van der Waals surface area (Å²) in [6, 6.07) is 15.4. The lowest BCUT2D eigenvalue weighted by atomic mass is 10.1. The van der Waals surface area contributed by atoms with Gasteiger partial charge < -0.3 is 10.1 Å². The highest BCUT2D eigenvalue weighted by atomic mass is 35.5. The summed E-state index contributed by atoms with van der Waals surface area (Å²) in [7, 11) is -3.95. The van der Waals surface area contributed by atoms with Crippen molar-refractivity contribution in [2.75, 3.05) is 4.72 Å². The number of azo groups is 1. The van der Waals surface area contributed by atoms with Crippen molar-refractivity contribution in [2.45, 2.75) is 18.7 Å². The van der Waals surface area contributed by atoms with Gasteiger partial charge in [0.15, 0.2) is 5.69 Å². The van der Waals surface area contributed by atoms with Crippen LogP contribution in [0.2, 0.25) is 5.02 Å². The Morgan fingerprint density at radius 1 is 1.06 bits per heavy atom. The van der Waals surface area contributed by atoms with Gasteiger partial charge in [-0.3, -0.25) is 9.52 Å². The van der Waals surface area contributed by atoms with Crippen molar-refractivity contribution in [1.29, 1.82) is 0 Å². The number of hydrogen-bond acceptors (Lipinski definition) is 5. The molecule has 0 aliphatic heterocycles. The van der Waals surface area contributed by atoms with E-state index in [0.29, 0.717) is 21.6 Å². The summed E-state index contributed by atoms with van der Waals surface area (Å²) in [6.45, 7) is 3.80. The summed E-state index contributed by atoms with van der Waals surface area (Å²) in [5, 5.41) is 19.0. The van der Waals surface area contributed by atoms with Crippen molar-refractivity contribution in [3.05, 3.63) is 82.4 Å². The number of anilines is 1. The zero-order chi connectivity index (χ0) is 23.8. The van der Waals surface area contributed by atoms with Crippen molar-refractivity contribution in [1.82, 2.24) is 4.98 Å². The van der Waals surface area contributed by atoms with Crippen LogP contribution in [0, 0.1) is 13.8 Å². The lowest BCUT2D eigenvalue weighted by molar-refractivity contribution is 0.0995. The standard InChI is InChI=1S/C23H19ClN4O4S/c1-13-10-14(2)20-19(11-13)21(23(30)25-20)26-27-22(29)15-4-3-5-18(12-15)33(31,32)28-17-8-6-16(24)7-9-17/h3-12,25,28,30H,1-2H3. The van der Waals surface area contributed by atoms with Crippen LogP contribution in [-0.4, -0.2) is 24.4 Å².